The Balaban J connectivity index is 1.07. The first-order chi connectivity index (χ1) is 17.5. The molecule has 36 heavy (non-hydrogen) atoms. The van der Waals surface area contributed by atoms with Crippen molar-refractivity contribution in [2.24, 2.45) is 5.92 Å². The van der Waals surface area contributed by atoms with Crippen molar-refractivity contribution in [2.75, 3.05) is 18.0 Å². The molecule has 1 unspecified atom stereocenters. The fourth-order valence-electron chi connectivity index (χ4n) is 4.50. The van der Waals surface area contributed by atoms with Crippen molar-refractivity contribution in [1.29, 1.82) is 0 Å². The Labute approximate surface area is 219 Å². The number of rotatable bonds is 8. The average molecular weight is 522 g/mol. The summed E-state index contributed by atoms with van der Waals surface area (Å²) in [5, 5.41) is 5.61. The molecule has 1 aliphatic heterocycles. The van der Waals surface area contributed by atoms with E-state index in [-0.39, 0.29) is 12.0 Å². The molecule has 0 bridgehead atoms. The third-order valence-corrected chi connectivity index (χ3v) is 9.13. The molecule has 3 aromatic heterocycles. The third kappa shape index (κ3) is 5.22. The molecule has 0 radical (unpaired) electrons. The van der Waals surface area contributed by atoms with Gasteiger partial charge in [-0.3, -0.25) is 0 Å². The van der Waals surface area contributed by atoms with Gasteiger partial charge in [-0.1, -0.05) is 42.5 Å². The van der Waals surface area contributed by atoms with Gasteiger partial charge in [0, 0.05) is 34.7 Å². The van der Waals surface area contributed by atoms with Gasteiger partial charge in [0.15, 0.2) is 5.82 Å². The van der Waals surface area contributed by atoms with Crippen molar-refractivity contribution < 1.29 is 9.26 Å². The van der Waals surface area contributed by atoms with Crippen molar-refractivity contribution in [2.45, 2.75) is 68.6 Å². The van der Waals surface area contributed by atoms with E-state index < -0.39 is 0 Å². The third-order valence-electron chi connectivity index (χ3n) is 6.92. The van der Waals surface area contributed by atoms with Crippen LogP contribution < -0.4 is 9.64 Å². The topological polar surface area (TPSA) is 77.2 Å². The molecule has 1 saturated carbocycles. The number of piperidine rings is 1. The molecule has 2 fully saturated rings. The zero-order valence-electron chi connectivity index (χ0n) is 20.9. The first-order valence-corrected chi connectivity index (χ1v) is 14.5. The maximum Gasteiger partial charge on any atom is 0.324 e. The predicted octanol–water partition coefficient (Wildman–Crippen LogP) is 6.80. The molecule has 9 heteroatoms. The number of nitrogens with zero attached hydrogens (tertiary/aromatic N) is 5. The molecule has 1 aromatic carbocycles. The second-order valence-corrected chi connectivity index (χ2v) is 12.4. The summed E-state index contributed by atoms with van der Waals surface area (Å²) in [6.07, 6.45) is 4.80. The molecular weight excluding hydrogens is 490 g/mol. The van der Waals surface area contributed by atoms with Gasteiger partial charge >= 0.3 is 6.01 Å². The van der Waals surface area contributed by atoms with Gasteiger partial charge in [-0.25, -0.2) is 9.97 Å². The summed E-state index contributed by atoms with van der Waals surface area (Å²) >= 11 is 3.51. The van der Waals surface area contributed by atoms with Crippen LogP contribution in [-0.2, 0) is 0 Å². The van der Waals surface area contributed by atoms with Crippen molar-refractivity contribution in [3.05, 3.63) is 42.2 Å². The van der Waals surface area contributed by atoms with Crippen LogP contribution in [0.2, 0.25) is 0 Å². The fourth-order valence-corrected chi connectivity index (χ4v) is 6.42. The predicted molar refractivity (Wildman–Crippen MR) is 145 cm³/mol. The van der Waals surface area contributed by atoms with Crippen LogP contribution >= 0.6 is 23.1 Å². The molecule has 6 rings (SSSR count). The lowest BCUT2D eigenvalue weighted by molar-refractivity contribution is 0.131. The Morgan fingerprint density at radius 2 is 1.75 bits per heavy atom. The average Bonchev–Trinajstić information content (AvgIpc) is 3.39. The summed E-state index contributed by atoms with van der Waals surface area (Å²) in [7, 11) is 0. The van der Waals surface area contributed by atoms with Gasteiger partial charge in [-0.15, -0.1) is 11.8 Å². The minimum Gasteiger partial charge on any atom is -0.467 e. The second-order valence-electron chi connectivity index (χ2n) is 10.1. The molecular formula is C27H31N5O2S2. The van der Waals surface area contributed by atoms with Crippen LogP contribution in [0.3, 0.4) is 0 Å². The van der Waals surface area contributed by atoms with Gasteiger partial charge in [0.05, 0.1) is 5.69 Å². The highest BCUT2D eigenvalue weighted by Gasteiger charge is 2.28. The van der Waals surface area contributed by atoms with Gasteiger partial charge in [0.25, 0.3) is 5.19 Å². The lowest BCUT2D eigenvalue weighted by atomic mass is 9.92. The van der Waals surface area contributed by atoms with Crippen molar-refractivity contribution in [3.63, 3.8) is 0 Å². The summed E-state index contributed by atoms with van der Waals surface area (Å²) in [4.78, 5) is 18.6. The highest BCUT2D eigenvalue weighted by molar-refractivity contribution is 8.00. The van der Waals surface area contributed by atoms with Gasteiger partial charge in [-0.05, 0) is 62.8 Å². The monoisotopic (exact) mass is 521 g/mol. The fraction of sp³-hybridized carbons (Fsp3) is 0.481. The quantitative estimate of drug-likeness (QED) is 0.250. The van der Waals surface area contributed by atoms with E-state index in [1.54, 1.807) is 0 Å². The molecule has 0 spiro atoms. The zero-order valence-corrected chi connectivity index (χ0v) is 22.5. The molecule has 4 aromatic rings. The van der Waals surface area contributed by atoms with Gasteiger partial charge in [0.2, 0.25) is 0 Å². The van der Waals surface area contributed by atoms with Crippen molar-refractivity contribution >= 4 is 39.5 Å². The first kappa shape index (κ1) is 23.7. The summed E-state index contributed by atoms with van der Waals surface area (Å²) in [5.41, 5.74) is 3.00. The zero-order chi connectivity index (χ0) is 24.6. The molecule has 2 aliphatic rings. The smallest absolute Gasteiger partial charge is 0.324 e. The Morgan fingerprint density at radius 1 is 0.972 bits per heavy atom. The number of hydrogen-bond acceptors (Lipinski definition) is 9. The van der Waals surface area contributed by atoms with E-state index in [0.717, 1.165) is 58.6 Å². The molecule has 1 atom stereocenters. The lowest BCUT2D eigenvalue weighted by Gasteiger charge is -2.33. The minimum atomic E-state index is 0.0811. The maximum absolute atomic E-state index is 6.31. The molecule has 1 saturated heterocycles. The summed E-state index contributed by atoms with van der Waals surface area (Å²) < 4.78 is 11.8. The Kier molecular flexibility index (Phi) is 6.60. The van der Waals surface area contributed by atoms with E-state index in [9.17, 15) is 0 Å². The van der Waals surface area contributed by atoms with Crippen LogP contribution in [-0.4, -0.2) is 44.6 Å². The van der Waals surface area contributed by atoms with Crippen LogP contribution in [0, 0.1) is 5.92 Å². The van der Waals surface area contributed by atoms with E-state index in [0.29, 0.717) is 17.1 Å². The van der Waals surface area contributed by atoms with Crippen LogP contribution in [0.4, 0.5) is 6.01 Å². The number of fused-ring (bicyclic) bond motifs is 1. The second kappa shape index (κ2) is 10.0. The van der Waals surface area contributed by atoms with Gasteiger partial charge < -0.3 is 14.2 Å². The van der Waals surface area contributed by atoms with E-state index in [4.69, 9.17) is 19.2 Å². The Hall–Kier alpha value is -2.65. The number of pyridine rings is 1. The maximum atomic E-state index is 6.31. The standard InChI is InChI=1S/C27H31N5O2S2/c1-16(2)24-30-26(34-31-24)32-14-12-18(13-15-32)17(3)33-27-29-23-11-10-22(28-25(23)36-27)19-4-6-20(7-5-19)35-21-8-9-21/h4-7,10-11,16-18,21H,8-9,12-15H2,1-3H3. The van der Waals surface area contributed by atoms with Crippen LogP contribution in [0.5, 0.6) is 5.19 Å². The minimum absolute atomic E-state index is 0.0811. The molecule has 1 aliphatic carbocycles. The Morgan fingerprint density at radius 3 is 2.44 bits per heavy atom. The summed E-state index contributed by atoms with van der Waals surface area (Å²) in [6.45, 7) is 8.08. The summed E-state index contributed by atoms with van der Waals surface area (Å²) in [6, 6.07) is 13.5. The largest absolute Gasteiger partial charge is 0.467 e. The van der Waals surface area contributed by atoms with Crippen molar-refractivity contribution in [1.82, 2.24) is 20.1 Å². The number of aromatic nitrogens is 4. The van der Waals surface area contributed by atoms with Gasteiger partial charge in [0.1, 0.15) is 16.5 Å². The van der Waals surface area contributed by atoms with E-state index in [2.05, 4.69) is 66.1 Å². The number of ether oxygens (including phenoxy) is 1. The molecule has 0 N–H and O–H groups in total. The normalized spacial score (nSPS) is 17.7. The first-order valence-electron chi connectivity index (χ1n) is 12.8. The van der Waals surface area contributed by atoms with Crippen molar-refractivity contribution in [3.8, 4) is 16.5 Å². The highest BCUT2D eigenvalue weighted by Crippen LogP contribution is 2.39. The molecule has 0 amide bonds. The molecule has 188 valence electrons. The summed E-state index contributed by atoms with van der Waals surface area (Å²) in [5.74, 6) is 1.49. The number of thioether (sulfide) groups is 1. The van der Waals surface area contributed by atoms with E-state index >= 15 is 0 Å². The van der Waals surface area contributed by atoms with E-state index in [1.807, 2.05) is 17.8 Å². The number of hydrogen-bond donors (Lipinski definition) is 0. The number of thiazole rings is 1. The molecule has 7 nitrogen and oxygen atoms in total. The Bertz CT molecular complexity index is 1320. The SMILES string of the molecule is CC(C)c1noc(N2CCC(C(C)Oc3nc4ccc(-c5ccc(SC6CC6)cc5)nc4s3)CC2)n1. The van der Waals surface area contributed by atoms with E-state index in [1.165, 1.54) is 29.1 Å². The van der Waals surface area contributed by atoms with Crippen LogP contribution in [0.15, 0.2) is 45.8 Å². The number of anilines is 1. The van der Waals surface area contributed by atoms with Gasteiger partial charge in [-0.2, -0.15) is 4.98 Å². The van der Waals surface area contributed by atoms with Crippen LogP contribution in [0.1, 0.15) is 58.2 Å². The highest BCUT2D eigenvalue weighted by atomic mass is 32.2. The van der Waals surface area contributed by atoms with Crippen LogP contribution in [0.25, 0.3) is 21.6 Å². The molecule has 4 heterocycles. The number of benzene rings is 1. The lowest BCUT2D eigenvalue weighted by Crippen LogP contribution is -2.38.